The lowest BCUT2D eigenvalue weighted by Crippen LogP contribution is -2.68. The molecule has 0 aromatic carbocycles. The predicted octanol–water partition coefficient (Wildman–Crippen LogP) is 0.471. The van der Waals surface area contributed by atoms with Crippen LogP contribution in [0.2, 0.25) is 0 Å². The van der Waals surface area contributed by atoms with Crippen molar-refractivity contribution < 1.29 is 8.42 Å². The first-order valence-corrected chi connectivity index (χ1v) is 9.13. The van der Waals surface area contributed by atoms with Gasteiger partial charge in [0.2, 0.25) is 10.0 Å². The summed E-state index contributed by atoms with van der Waals surface area (Å²) in [5.74, 6) is 0.467. The van der Waals surface area contributed by atoms with Crippen LogP contribution in [0.1, 0.15) is 32.6 Å². The van der Waals surface area contributed by atoms with Gasteiger partial charge in [0.1, 0.15) is 0 Å². The zero-order valence-corrected chi connectivity index (χ0v) is 13.0. The van der Waals surface area contributed by atoms with Crippen LogP contribution < -0.4 is 5.73 Å². The number of nitrogens with zero attached hydrogens (tertiary/aromatic N) is 2. The minimum absolute atomic E-state index is 0.0138. The monoisotopic (exact) mass is 289 g/mol. The van der Waals surface area contributed by atoms with E-state index in [2.05, 4.69) is 11.8 Å². The lowest BCUT2D eigenvalue weighted by atomic mass is 9.85. The molecule has 19 heavy (non-hydrogen) atoms. The maximum Gasteiger partial charge on any atom is 0.211 e. The van der Waals surface area contributed by atoms with Crippen molar-refractivity contribution in [1.29, 1.82) is 0 Å². The third-order valence-corrected chi connectivity index (χ3v) is 5.56. The number of sulfonamides is 1. The Morgan fingerprint density at radius 3 is 2.63 bits per heavy atom. The maximum absolute atomic E-state index is 11.6. The van der Waals surface area contributed by atoms with E-state index >= 15 is 0 Å². The fourth-order valence-corrected chi connectivity index (χ4v) is 4.41. The molecule has 0 amide bonds. The lowest BCUT2D eigenvalue weighted by molar-refractivity contribution is 0.0403. The molecular weight excluding hydrogens is 262 g/mol. The van der Waals surface area contributed by atoms with Gasteiger partial charge in [-0.3, -0.25) is 4.90 Å². The molecule has 0 radical (unpaired) electrons. The van der Waals surface area contributed by atoms with Gasteiger partial charge in [-0.25, -0.2) is 12.7 Å². The molecule has 1 unspecified atom stereocenters. The summed E-state index contributed by atoms with van der Waals surface area (Å²) in [6, 6.07) is 0. The highest BCUT2D eigenvalue weighted by Gasteiger charge is 2.39. The Morgan fingerprint density at radius 1 is 1.37 bits per heavy atom. The van der Waals surface area contributed by atoms with Crippen molar-refractivity contribution in [3.63, 3.8) is 0 Å². The topological polar surface area (TPSA) is 66.6 Å². The van der Waals surface area contributed by atoms with E-state index in [-0.39, 0.29) is 5.54 Å². The summed E-state index contributed by atoms with van der Waals surface area (Å²) in [6.07, 6.45) is 5.65. The fourth-order valence-electron chi connectivity index (χ4n) is 3.47. The van der Waals surface area contributed by atoms with Crippen LogP contribution in [0.25, 0.3) is 0 Å². The van der Waals surface area contributed by atoms with E-state index in [0.29, 0.717) is 19.0 Å². The van der Waals surface area contributed by atoms with E-state index < -0.39 is 10.0 Å². The van der Waals surface area contributed by atoms with Crippen LogP contribution >= 0.6 is 0 Å². The van der Waals surface area contributed by atoms with Gasteiger partial charge in [0.05, 0.1) is 6.26 Å². The second-order valence-electron chi connectivity index (χ2n) is 6.41. The second-order valence-corrected chi connectivity index (χ2v) is 8.39. The standard InChI is InChI=1S/C13H27N3O2S/c1-3-6-13(14)10-15(11-13)8-12-5-4-7-16(9-12)19(2,17)18/h12H,3-11,14H2,1-2H3. The molecule has 112 valence electrons. The van der Waals surface area contributed by atoms with Crippen molar-refractivity contribution in [3.8, 4) is 0 Å². The number of likely N-dealkylation sites (tertiary alicyclic amines) is 1. The summed E-state index contributed by atoms with van der Waals surface area (Å²) < 4.78 is 24.8. The molecule has 2 N–H and O–H groups in total. The van der Waals surface area contributed by atoms with Crippen molar-refractivity contribution in [2.24, 2.45) is 11.7 Å². The molecule has 5 nitrogen and oxygen atoms in total. The van der Waals surface area contributed by atoms with E-state index in [9.17, 15) is 8.42 Å². The SMILES string of the molecule is CCCC1(N)CN(CC2CCCN(S(C)(=O)=O)C2)C1. The van der Waals surface area contributed by atoms with Gasteiger partial charge in [-0.15, -0.1) is 0 Å². The third kappa shape index (κ3) is 3.90. The molecule has 2 saturated heterocycles. The minimum atomic E-state index is -3.02. The summed E-state index contributed by atoms with van der Waals surface area (Å²) in [6.45, 7) is 6.47. The zero-order valence-electron chi connectivity index (χ0n) is 12.1. The molecular formula is C13H27N3O2S. The van der Waals surface area contributed by atoms with Crippen molar-refractivity contribution in [3.05, 3.63) is 0 Å². The average Bonchev–Trinajstić information content (AvgIpc) is 2.26. The molecule has 0 spiro atoms. The summed E-state index contributed by atoms with van der Waals surface area (Å²) in [4.78, 5) is 2.38. The zero-order chi connectivity index (χ0) is 14.1. The Hall–Kier alpha value is -0.170. The van der Waals surface area contributed by atoms with Gasteiger partial charge in [0.25, 0.3) is 0 Å². The molecule has 0 saturated carbocycles. The first-order valence-electron chi connectivity index (χ1n) is 7.29. The van der Waals surface area contributed by atoms with Crippen LogP contribution in [-0.4, -0.2) is 62.1 Å². The normalized spacial score (nSPS) is 29.1. The van der Waals surface area contributed by atoms with E-state index in [1.54, 1.807) is 4.31 Å². The molecule has 0 aromatic rings. The van der Waals surface area contributed by atoms with Gasteiger partial charge >= 0.3 is 0 Å². The van der Waals surface area contributed by atoms with E-state index in [1.165, 1.54) is 6.26 Å². The van der Waals surface area contributed by atoms with E-state index in [0.717, 1.165) is 45.3 Å². The number of hydrogen-bond acceptors (Lipinski definition) is 4. The first-order chi connectivity index (χ1) is 8.82. The molecule has 1 atom stereocenters. The second kappa shape index (κ2) is 5.68. The van der Waals surface area contributed by atoms with Crippen LogP contribution in [-0.2, 0) is 10.0 Å². The number of piperidine rings is 1. The van der Waals surface area contributed by atoms with Crippen LogP contribution in [0, 0.1) is 5.92 Å². The average molecular weight is 289 g/mol. The van der Waals surface area contributed by atoms with Gasteiger partial charge in [0.15, 0.2) is 0 Å². The molecule has 0 aromatic heterocycles. The van der Waals surface area contributed by atoms with Crippen LogP contribution in [0.15, 0.2) is 0 Å². The molecule has 0 bridgehead atoms. The van der Waals surface area contributed by atoms with E-state index in [1.807, 2.05) is 0 Å². The molecule has 2 rings (SSSR count). The molecule has 2 aliphatic heterocycles. The number of hydrogen-bond donors (Lipinski definition) is 1. The molecule has 2 heterocycles. The molecule has 6 heteroatoms. The maximum atomic E-state index is 11.6. The van der Waals surface area contributed by atoms with Crippen LogP contribution in [0.4, 0.5) is 0 Å². The highest BCUT2D eigenvalue weighted by Crippen LogP contribution is 2.27. The number of rotatable bonds is 5. The largest absolute Gasteiger partial charge is 0.323 e. The minimum Gasteiger partial charge on any atom is -0.323 e. The Balaban J connectivity index is 1.79. The van der Waals surface area contributed by atoms with Crippen molar-refractivity contribution in [2.75, 3.05) is 39.0 Å². The van der Waals surface area contributed by atoms with Gasteiger partial charge in [-0.2, -0.15) is 0 Å². The Morgan fingerprint density at radius 2 is 2.05 bits per heavy atom. The quantitative estimate of drug-likeness (QED) is 0.799. The summed E-state index contributed by atoms with van der Waals surface area (Å²) in [5, 5.41) is 0. The first kappa shape index (κ1) is 15.2. The summed E-state index contributed by atoms with van der Waals surface area (Å²) in [5.41, 5.74) is 6.27. The van der Waals surface area contributed by atoms with Crippen LogP contribution in [0.5, 0.6) is 0 Å². The van der Waals surface area contributed by atoms with Crippen molar-refractivity contribution in [2.45, 2.75) is 38.1 Å². The van der Waals surface area contributed by atoms with Gasteiger partial charge < -0.3 is 5.73 Å². The highest BCUT2D eigenvalue weighted by molar-refractivity contribution is 7.88. The number of nitrogens with two attached hydrogens (primary N) is 1. The Labute approximate surface area is 117 Å². The summed E-state index contributed by atoms with van der Waals surface area (Å²) in [7, 11) is -3.02. The smallest absolute Gasteiger partial charge is 0.211 e. The molecule has 0 aliphatic carbocycles. The van der Waals surface area contributed by atoms with Gasteiger partial charge in [-0.1, -0.05) is 13.3 Å². The Kier molecular flexibility index (Phi) is 4.55. The lowest BCUT2D eigenvalue weighted by Gasteiger charge is -2.49. The van der Waals surface area contributed by atoms with Crippen LogP contribution in [0.3, 0.4) is 0 Å². The molecule has 2 aliphatic rings. The van der Waals surface area contributed by atoms with Gasteiger partial charge in [-0.05, 0) is 25.2 Å². The van der Waals surface area contributed by atoms with Crippen molar-refractivity contribution in [1.82, 2.24) is 9.21 Å². The highest BCUT2D eigenvalue weighted by atomic mass is 32.2. The third-order valence-electron chi connectivity index (χ3n) is 4.29. The summed E-state index contributed by atoms with van der Waals surface area (Å²) >= 11 is 0. The van der Waals surface area contributed by atoms with Crippen molar-refractivity contribution >= 4 is 10.0 Å². The van der Waals surface area contributed by atoms with Gasteiger partial charge in [0, 0.05) is 38.3 Å². The molecule has 2 fully saturated rings. The predicted molar refractivity (Wildman–Crippen MR) is 77.4 cm³/mol. The van der Waals surface area contributed by atoms with E-state index in [4.69, 9.17) is 5.73 Å². The fraction of sp³-hybridized carbons (Fsp3) is 1.00. The Bertz CT molecular complexity index is 404.